The molecule has 2 rings (SSSR count). The van der Waals surface area contributed by atoms with Crippen LogP contribution in [0, 0.1) is 5.41 Å². The zero-order valence-electron chi connectivity index (χ0n) is 13.0. The van der Waals surface area contributed by atoms with E-state index in [9.17, 15) is 8.42 Å². The van der Waals surface area contributed by atoms with Crippen molar-refractivity contribution in [2.45, 2.75) is 44.0 Å². The van der Waals surface area contributed by atoms with Crippen LogP contribution < -0.4 is 14.2 Å². The molecule has 1 unspecified atom stereocenters. The predicted octanol–water partition coefficient (Wildman–Crippen LogP) is 2.56. The van der Waals surface area contributed by atoms with Crippen molar-refractivity contribution in [1.29, 1.82) is 0 Å². The second-order valence-electron chi connectivity index (χ2n) is 6.24. The Labute approximate surface area is 126 Å². The van der Waals surface area contributed by atoms with Crippen LogP contribution in [0.2, 0.25) is 0 Å². The van der Waals surface area contributed by atoms with Crippen LogP contribution in [0.3, 0.4) is 0 Å². The minimum atomic E-state index is -3.54. The van der Waals surface area contributed by atoms with Gasteiger partial charge in [-0.1, -0.05) is 13.8 Å². The molecule has 1 saturated carbocycles. The average molecular weight is 313 g/mol. The summed E-state index contributed by atoms with van der Waals surface area (Å²) < 4.78 is 38.0. The number of benzene rings is 1. The molecule has 6 heteroatoms. The number of hydrogen-bond acceptors (Lipinski definition) is 4. The van der Waals surface area contributed by atoms with E-state index in [1.165, 1.54) is 26.4 Å². The highest BCUT2D eigenvalue weighted by Crippen LogP contribution is 2.37. The lowest BCUT2D eigenvalue weighted by Gasteiger charge is -2.18. The van der Waals surface area contributed by atoms with Crippen LogP contribution in [0.5, 0.6) is 11.5 Å². The van der Waals surface area contributed by atoms with E-state index in [0.29, 0.717) is 11.5 Å². The van der Waals surface area contributed by atoms with Crippen molar-refractivity contribution >= 4 is 10.0 Å². The first-order valence-corrected chi connectivity index (χ1v) is 8.50. The van der Waals surface area contributed by atoms with Crippen molar-refractivity contribution in [1.82, 2.24) is 4.72 Å². The molecule has 118 valence electrons. The van der Waals surface area contributed by atoms with Crippen molar-refractivity contribution < 1.29 is 17.9 Å². The molecule has 1 fully saturated rings. The van der Waals surface area contributed by atoms with Crippen LogP contribution in [0.15, 0.2) is 23.1 Å². The monoisotopic (exact) mass is 313 g/mol. The summed E-state index contributed by atoms with van der Waals surface area (Å²) in [5, 5.41) is 0. The van der Waals surface area contributed by atoms with Gasteiger partial charge in [0, 0.05) is 12.1 Å². The van der Waals surface area contributed by atoms with Gasteiger partial charge < -0.3 is 9.47 Å². The van der Waals surface area contributed by atoms with E-state index < -0.39 is 10.0 Å². The topological polar surface area (TPSA) is 64.6 Å². The van der Waals surface area contributed by atoms with Gasteiger partial charge in [-0.05, 0) is 36.8 Å². The Morgan fingerprint density at radius 2 is 1.86 bits per heavy atom. The van der Waals surface area contributed by atoms with E-state index in [2.05, 4.69) is 18.6 Å². The normalized spacial score (nSPS) is 21.2. The van der Waals surface area contributed by atoms with E-state index in [-0.39, 0.29) is 16.4 Å². The third-order valence-corrected chi connectivity index (χ3v) is 5.47. The van der Waals surface area contributed by atoms with E-state index in [0.717, 1.165) is 19.3 Å². The van der Waals surface area contributed by atoms with Crippen molar-refractivity contribution in [2.75, 3.05) is 14.2 Å². The van der Waals surface area contributed by atoms with Crippen molar-refractivity contribution in [3.8, 4) is 11.5 Å². The van der Waals surface area contributed by atoms with Crippen LogP contribution >= 0.6 is 0 Å². The lowest BCUT2D eigenvalue weighted by atomic mass is 9.92. The summed E-state index contributed by atoms with van der Waals surface area (Å²) in [6, 6.07) is 4.62. The first-order chi connectivity index (χ1) is 9.77. The summed E-state index contributed by atoms with van der Waals surface area (Å²) >= 11 is 0. The molecule has 21 heavy (non-hydrogen) atoms. The molecular formula is C15H23NO4S. The van der Waals surface area contributed by atoms with Crippen LogP contribution in [0.25, 0.3) is 0 Å². The molecule has 1 atom stereocenters. The van der Waals surface area contributed by atoms with Gasteiger partial charge in [-0.3, -0.25) is 0 Å². The summed E-state index contributed by atoms with van der Waals surface area (Å²) in [5.74, 6) is 0.922. The van der Waals surface area contributed by atoms with Gasteiger partial charge in [0.05, 0.1) is 19.1 Å². The molecule has 1 aliphatic carbocycles. The lowest BCUT2D eigenvalue weighted by molar-refractivity contribution is 0.353. The fraction of sp³-hybridized carbons (Fsp3) is 0.600. The molecule has 0 heterocycles. The number of methoxy groups -OCH3 is 2. The second-order valence-corrected chi connectivity index (χ2v) is 7.96. The fourth-order valence-electron chi connectivity index (χ4n) is 2.81. The van der Waals surface area contributed by atoms with Crippen LogP contribution in [0.1, 0.15) is 33.1 Å². The van der Waals surface area contributed by atoms with Crippen molar-refractivity contribution in [3.63, 3.8) is 0 Å². The SMILES string of the molecule is COc1ccc(S(=O)(=O)NC2CCC(C)(C)C2)cc1OC. The molecule has 1 N–H and O–H groups in total. The Bertz CT molecular complexity index is 610. The molecular weight excluding hydrogens is 290 g/mol. The fourth-order valence-corrected chi connectivity index (χ4v) is 4.09. The predicted molar refractivity (Wildman–Crippen MR) is 81.3 cm³/mol. The molecule has 1 aliphatic rings. The van der Waals surface area contributed by atoms with Gasteiger partial charge in [0.2, 0.25) is 10.0 Å². The maximum absolute atomic E-state index is 12.5. The first-order valence-electron chi connectivity index (χ1n) is 7.02. The first kappa shape index (κ1) is 16.1. The third-order valence-electron chi connectivity index (χ3n) is 3.96. The van der Waals surface area contributed by atoms with Crippen LogP contribution in [0.4, 0.5) is 0 Å². The largest absolute Gasteiger partial charge is 0.493 e. The van der Waals surface area contributed by atoms with E-state index in [4.69, 9.17) is 9.47 Å². The number of nitrogens with one attached hydrogen (secondary N) is 1. The second kappa shape index (κ2) is 5.85. The van der Waals surface area contributed by atoms with Gasteiger partial charge >= 0.3 is 0 Å². The molecule has 1 aromatic carbocycles. The highest BCUT2D eigenvalue weighted by molar-refractivity contribution is 7.89. The molecule has 1 aromatic rings. The van der Waals surface area contributed by atoms with Gasteiger partial charge in [0.1, 0.15) is 0 Å². The highest BCUT2D eigenvalue weighted by Gasteiger charge is 2.33. The van der Waals surface area contributed by atoms with Crippen molar-refractivity contribution in [2.24, 2.45) is 5.41 Å². The standard InChI is InChI=1S/C15H23NO4S/c1-15(2)8-7-11(10-15)16-21(17,18)12-5-6-13(19-3)14(9-12)20-4/h5-6,9,11,16H,7-8,10H2,1-4H3. The Kier molecular flexibility index (Phi) is 4.49. The maximum atomic E-state index is 12.5. The number of hydrogen-bond donors (Lipinski definition) is 1. The molecule has 5 nitrogen and oxygen atoms in total. The van der Waals surface area contributed by atoms with E-state index in [1.54, 1.807) is 6.07 Å². The Morgan fingerprint density at radius 3 is 2.38 bits per heavy atom. The summed E-state index contributed by atoms with van der Waals surface area (Å²) in [4.78, 5) is 0.199. The number of ether oxygens (including phenoxy) is 2. The molecule has 0 amide bonds. The summed E-state index contributed by atoms with van der Waals surface area (Å²) in [6.45, 7) is 4.33. The van der Waals surface area contributed by atoms with Gasteiger partial charge in [-0.2, -0.15) is 0 Å². The van der Waals surface area contributed by atoms with E-state index >= 15 is 0 Å². The smallest absolute Gasteiger partial charge is 0.240 e. The molecule has 0 bridgehead atoms. The number of rotatable bonds is 5. The van der Waals surface area contributed by atoms with E-state index in [1.807, 2.05) is 0 Å². The van der Waals surface area contributed by atoms with Crippen LogP contribution in [-0.2, 0) is 10.0 Å². The zero-order valence-corrected chi connectivity index (χ0v) is 13.8. The lowest BCUT2D eigenvalue weighted by Crippen LogP contribution is -2.33. The van der Waals surface area contributed by atoms with Crippen LogP contribution in [-0.4, -0.2) is 28.7 Å². The van der Waals surface area contributed by atoms with Gasteiger partial charge in [-0.15, -0.1) is 0 Å². The van der Waals surface area contributed by atoms with Crippen molar-refractivity contribution in [3.05, 3.63) is 18.2 Å². The molecule has 0 radical (unpaired) electrons. The molecule has 0 saturated heterocycles. The molecule has 0 aromatic heterocycles. The highest BCUT2D eigenvalue weighted by atomic mass is 32.2. The Hall–Kier alpha value is -1.27. The summed E-state index contributed by atoms with van der Waals surface area (Å²) in [6.07, 6.45) is 2.77. The van der Waals surface area contributed by atoms with Gasteiger partial charge in [0.25, 0.3) is 0 Å². The molecule has 0 spiro atoms. The molecule has 0 aliphatic heterocycles. The minimum absolute atomic E-state index is 0.00176. The Morgan fingerprint density at radius 1 is 1.19 bits per heavy atom. The zero-order chi connectivity index (χ0) is 15.7. The van der Waals surface area contributed by atoms with Gasteiger partial charge in [0.15, 0.2) is 11.5 Å². The minimum Gasteiger partial charge on any atom is -0.493 e. The maximum Gasteiger partial charge on any atom is 0.240 e. The Balaban J connectivity index is 2.20. The average Bonchev–Trinajstić information content (AvgIpc) is 2.76. The number of sulfonamides is 1. The van der Waals surface area contributed by atoms with Gasteiger partial charge in [-0.25, -0.2) is 13.1 Å². The summed E-state index contributed by atoms with van der Waals surface area (Å²) in [7, 11) is -0.531. The third kappa shape index (κ3) is 3.68. The summed E-state index contributed by atoms with van der Waals surface area (Å²) in [5.41, 5.74) is 0.199. The quantitative estimate of drug-likeness (QED) is 0.907.